The maximum Gasteiger partial charge on any atom is 0.416 e. The minimum atomic E-state index is -4.50. The molecule has 0 saturated carbocycles. The molecule has 20 heavy (non-hydrogen) atoms. The quantitative estimate of drug-likeness (QED) is 0.889. The van der Waals surface area contributed by atoms with Crippen LogP contribution in [-0.4, -0.2) is 25.0 Å². The van der Waals surface area contributed by atoms with Gasteiger partial charge in [0.05, 0.1) is 11.1 Å². The molecule has 2 rings (SSSR count). The lowest BCUT2D eigenvalue weighted by Crippen LogP contribution is -2.36. The van der Waals surface area contributed by atoms with E-state index in [2.05, 4.69) is 0 Å². The highest BCUT2D eigenvalue weighted by Gasteiger charge is 2.33. The van der Waals surface area contributed by atoms with Gasteiger partial charge in [0, 0.05) is 24.8 Å². The van der Waals surface area contributed by atoms with E-state index in [1.165, 1.54) is 6.07 Å². The van der Waals surface area contributed by atoms with Crippen molar-refractivity contribution in [2.75, 3.05) is 18.0 Å². The van der Waals surface area contributed by atoms with Crippen molar-refractivity contribution in [3.63, 3.8) is 0 Å². The molecule has 1 aliphatic heterocycles. The highest BCUT2D eigenvalue weighted by Crippen LogP contribution is 2.34. The normalized spacial score (nSPS) is 19.4. The van der Waals surface area contributed by atoms with Crippen molar-refractivity contribution in [1.82, 2.24) is 0 Å². The fourth-order valence-electron chi connectivity index (χ4n) is 2.56. The molecule has 4 nitrogen and oxygen atoms in total. The van der Waals surface area contributed by atoms with Gasteiger partial charge in [-0.05, 0) is 31.0 Å². The van der Waals surface area contributed by atoms with Crippen molar-refractivity contribution >= 4 is 11.6 Å². The van der Waals surface area contributed by atoms with Gasteiger partial charge in [0.15, 0.2) is 0 Å². The molecule has 1 atom stereocenters. The van der Waals surface area contributed by atoms with Gasteiger partial charge in [-0.2, -0.15) is 13.2 Å². The Morgan fingerprint density at radius 3 is 2.65 bits per heavy atom. The summed E-state index contributed by atoms with van der Waals surface area (Å²) in [7, 11) is 0. The molecule has 1 unspecified atom stereocenters. The van der Waals surface area contributed by atoms with E-state index in [1.54, 1.807) is 0 Å². The van der Waals surface area contributed by atoms with Gasteiger partial charge >= 0.3 is 6.18 Å². The molecule has 110 valence electrons. The van der Waals surface area contributed by atoms with Gasteiger partial charge in [0.1, 0.15) is 0 Å². The lowest BCUT2D eigenvalue weighted by Gasteiger charge is -2.27. The Hall–Kier alpha value is -1.76. The van der Waals surface area contributed by atoms with Crippen molar-refractivity contribution in [1.29, 1.82) is 0 Å². The number of nitrogens with two attached hydrogens (primary N) is 2. The number of nitrogens with zero attached hydrogens (tertiary/aromatic N) is 1. The molecule has 1 aromatic rings. The second-order valence-corrected chi connectivity index (χ2v) is 4.82. The van der Waals surface area contributed by atoms with Gasteiger partial charge in [-0.15, -0.1) is 0 Å². The molecule has 0 aliphatic carbocycles. The summed E-state index contributed by atoms with van der Waals surface area (Å²) in [6.45, 7) is 1.05. The average molecular weight is 287 g/mol. The topological polar surface area (TPSA) is 72.3 Å². The first-order valence-electron chi connectivity index (χ1n) is 6.32. The van der Waals surface area contributed by atoms with Crippen LogP contribution < -0.4 is 16.4 Å². The van der Waals surface area contributed by atoms with Gasteiger partial charge < -0.3 is 16.4 Å². The van der Waals surface area contributed by atoms with Crippen molar-refractivity contribution in [3.05, 3.63) is 29.3 Å². The van der Waals surface area contributed by atoms with Crippen LogP contribution in [0.4, 0.5) is 18.9 Å². The first-order chi connectivity index (χ1) is 9.34. The van der Waals surface area contributed by atoms with E-state index in [1.807, 2.05) is 4.90 Å². The number of primary amides is 1. The minimum Gasteiger partial charge on any atom is -0.367 e. The van der Waals surface area contributed by atoms with Crippen LogP contribution in [0.2, 0.25) is 0 Å². The Balaban J connectivity index is 2.46. The van der Waals surface area contributed by atoms with Crippen molar-refractivity contribution in [2.24, 2.45) is 11.5 Å². The largest absolute Gasteiger partial charge is 0.416 e. The Bertz CT molecular complexity index is 516. The smallest absolute Gasteiger partial charge is 0.367 e. The molecule has 1 fully saturated rings. The highest BCUT2D eigenvalue weighted by atomic mass is 19.4. The fourth-order valence-corrected chi connectivity index (χ4v) is 2.56. The second kappa shape index (κ2) is 5.32. The van der Waals surface area contributed by atoms with E-state index >= 15 is 0 Å². The molecule has 1 amide bonds. The number of benzene rings is 1. The molecule has 1 aromatic carbocycles. The lowest BCUT2D eigenvalue weighted by molar-refractivity contribution is -0.137. The molecular formula is C13H16F3N3O. The van der Waals surface area contributed by atoms with Gasteiger partial charge in [0.2, 0.25) is 0 Å². The van der Waals surface area contributed by atoms with Gasteiger partial charge in [-0.3, -0.25) is 4.79 Å². The number of carbonyl (C=O) groups excluding carboxylic acids is 1. The van der Waals surface area contributed by atoms with Crippen LogP contribution in [0.25, 0.3) is 0 Å². The fraction of sp³-hybridized carbons (Fsp3) is 0.462. The Kier molecular flexibility index (Phi) is 3.89. The molecule has 0 radical (unpaired) electrons. The Labute approximate surface area is 114 Å². The Morgan fingerprint density at radius 1 is 1.40 bits per heavy atom. The summed E-state index contributed by atoms with van der Waals surface area (Å²) in [6.07, 6.45) is -2.75. The molecule has 7 heteroatoms. The maximum absolute atomic E-state index is 12.7. The van der Waals surface area contributed by atoms with Crippen molar-refractivity contribution < 1.29 is 18.0 Å². The van der Waals surface area contributed by atoms with Gasteiger partial charge in [0.25, 0.3) is 5.91 Å². The third-order valence-electron chi connectivity index (χ3n) is 3.55. The summed E-state index contributed by atoms with van der Waals surface area (Å²) >= 11 is 0. The standard InChI is InChI=1S/C13H16F3N3O/c14-13(15,16)8-3-4-11(10(6-8)12(18)20)19-5-1-2-9(19)7-17/h3-4,6,9H,1-2,5,7,17H2,(H2,18,20). The first-order valence-corrected chi connectivity index (χ1v) is 6.32. The second-order valence-electron chi connectivity index (χ2n) is 4.82. The van der Waals surface area contributed by atoms with Crippen molar-refractivity contribution in [2.45, 2.75) is 25.1 Å². The van der Waals surface area contributed by atoms with Crippen LogP contribution in [0.5, 0.6) is 0 Å². The lowest BCUT2D eigenvalue weighted by atomic mass is 10.1. The maximum atomic E-state index is 12.7. The van der Waals surface area contributed by atoms with Crippen molar-refractivity contribution in [3.8, 4) is 0 Å². The summed E-state index contributed by atoms with van der Waals surface area (Å²) < 4.78 is 38.1. The van der Waals surface area contributed by atoms with E-state index < -0.39 is 17.6 Å². The minimum absolute atomic E-state index is 0.0323. The number of carbonyl (C=O) groups is 1. The first kappa shape index (κ1) is 14.6. The zero-order chi connectivity index (χ0) is 14.9. The van der Waals surface area contributed by atoms with Gasteiger partial charge in [-0.1, -0.05) is 0 Å². The molecular weight excluding hydrogens is 271 g/mol. The van der Waals surface area contributed by atoms with Crippen LogP contribution in [0.1, 0.15) is 28.8 Å². The third kappa shape index (κ3) is 2.72. The summed E-state index contributed by atoms with van der Waals surface area (Å²) in [6, 6.07) is 3.11. The van der Waals surface area contributed by atoms with E-state index in [4.69, 9.17) is 11.5 Å². The van der Waals surface area contributed by atoms with E-state index in [0.29, 0.717) is 18.8 Å². The SMILES string of the molecule is NCC1CCCN1c1ccc(C(F)(F)F)cc1C(N)=O. The summed E-state index contributed by atoms with van der Waals surface area (Å²) in [5, 5.41) is 0. The molecule has 0 spiro atoms. The molecule has 0 aromatic heterocycles. The number of halogens is 3. The number of amides is 1. The average Bonchev–Trinajstić information content (AvgIpc) is 2.84. The summed E-state index contributed by atoms with van der Waals surface area (Å²) in [4.78, 5) is 13.3. The van der Waals surface area contributed by atoms with E-state index in [0.717, 1.165) is 25.0 Å². The van der Waals surface area contributed by atoms with Crippen LogP contribution in [0.3, 0.4) is 0 Å². The molecule has 0 bridgehead atoms. The van der Waals surface area contributed by atoms with Gasteiger partial charge in [-0.25, -0.2) is 0 Å². The third-order valence-corrected chi connectivity index (χ3v) is 3.55. The van der Waals surface area contributed by atoms with Crippen LogP contribution >= 0.6 is 0 Å². The molecule has 1 aliphatic rings. The number of hydrogen-bond donors (Lipinski definition) is 2. The van der Waals surface area contributed by atoms with E-state index in [-0.39, 0.29) is 11.6 Å². The molecule has 1 saturated heterocycles. The highest BCUT2D eigenvalue weighted by molar-refractivity contribution is 5.99. The number of rotatable bonds is 3. The molecule has 4 N–H and O–H groups in total. The Morgan fingerprint density at radius 2 is 2.10 bits per heavy atom. The number of anilines is 1. The predicted octanol–water partition coefficient (Wildman–Crippen LogP) is 1.73. The van der Waals surface area contributed by atoms with Crippen LogP contribution in [-0.2, 0) is 6.18 Å². The predicted molar refractivity (Wildman–Crippen MR) is 69.4 cm³/mol. The summed E-state index contributed by atoms with van der Waals surface area (Å²) in [5.41, 5.74) is 10.3. The number of alkyl halides is 3. The monoisotopic (exact) mass is 287 g/mol. The van der Waals surface area contributed by atoms with Crippen LogP contribution in [0, 0.1) is 0 Å². The zero-order valence-corrected chi connectivity index (χ0v) is 10.8. The van der Waals surface area contributed by atoms with Crippen LogP contribution in [0.15, 0.2) is 18.2 Å². The zero-order valence-electron chi connectivity index (χ0n) is 10.8. The van der Waals surface area contributed by atoms with E-state index in [9.17, 15) is 18.0 Å². The molecule has 1 heterocycles. The number of hydrogen-bond acceptors (Lipinski definition) is 3. The summed E-state index contributed by atoms with van der Waals surface area (Å²) in [5.74, 6) is -0.867.